The van der Waals surface area contributed by atoms with E-state index in [4.69, 9.17) is 13.8 Å². The number of quaternary nitrogens is 1. The van der Waals surface area contributed by atoms with Gasteiger partial charge in [-0.25, -0.2) is 4.57 Å². The van der Waals surface area contributed by atoms with Crippen molar-refractivity contribution in [3.63, 3.8) is 0 Å². The number of amides is 1. The van der Waals surface area contributed by atoms with Gasteiger partial charge in [0, 0.05) is 12.8 Å². The first kappa shape index (κ1) is 79.8. The van der Waals surface area contributed by atoms with Crippen molar-refractivity contribution in [2.24, 2.45) is 0 Å². The summed E-state index contributed by atoms with van der Waals surface area (Å²) >= 11 is 0. The molecule has 0 aromatic heterocycles. The number of ether oxygens (including phenoxy) is 1. The predicted molar refractivity (Wildman–Crippen MR) is 351 cm³/mol. The molecule has 0 rings (SSSR count). The summed E-state index contributed by atoms with van der Waals surface area (Å²) in [5, 5.41) is 3.08. The maximum Gasteiger partial charge on any atom is 0.472 e. The number of carbonyl (C=O) groups is 2. The van der Waals surface area contributed by atoms with Gasteiger partial charge in [0.2, 0.25) is 5.91 Å². The van der Waals surface area contributed by atoms with Gasteiger partial charge < -0.3 is 19.4 Å². The summed E-state index contributed by atoms with van der Waals surface area (Å²) in [7, 11) is 1.52. The van der Waals surface area contributed by atoms with Gasteiger partial charge in [0.1, 0.15) is 19.3 Å². The standard InChI is InChI=1S/C71H141N2O7P/c1-7-10-13-16-19-22-25-27-29-31-33-34-35-36-37-38-40-42-44-46-49-52-55-58-61-64-71(75)80-69(62-59-56-53-50-47-24-21-18-15-12-9-3)68(67-79-81(76,77)78-66-65-73(4,5)6)72-70(74)63-60-57-54-51-48-45-43-41-39-32-30-28-26-23-20-17-14-11-8-2/h59,62,68-69H,7-58,60-61,63-67H2,1-6H3,(H-,72,74,76,77)/p+1/b62-59-. The van der Waals surface area contributed by atoms with Crippen LogP contribution in [-0.4, -0.2) is 74.3 Å². The predicted octanol–water partition coefficient (Wildman–Crippen LogP) is 22.7. The molecule has 3 atom stereocenters. The Morgan fingerprint density at radius 1 is 0.420 bits per heavy atom. The number of rotatable bonds is 67. The summed E-state index contributed by atoms with van der Waals surface area (Å²) < 4.78 is 30.8. The summed E-state index contributed by atoms with van der Waals surface area (Å²) in [6.07, 6.45) is 73.8. The van der Waals surface area contributed by atoms with E-state index >= 15 is 0 Å². The summed E-state index contributed by atoms with van der Waals surface area (Å²) in [6.45, 7) is 7.09. The second-order valence-electron chi connectivity index (χ2n) is 26.1. The van der Waals surface area contributed by atoms with Crippen LogP contribution < -0.4 is 5.32 Å². The molecule has 0 spiro atoms. The molecule has 482 valence electrons. The minimum Gasteiger partial charge on any atom is -0.456 e. The lowest BCUT2D eigenvalue weighted by atomic mass is 10.0. The molecular formula is C71H142N2O7P+. The molecule has 0 aromatic rings. The second kappa shape index (κ2) is 61.8. The Morgan fingerprint density at radius 3 is 1.01 bits per heavy atom. The normalized spacial score (nSPS) is 13.5. The summed E-state index contributed by atoms with van der Waals surface area (Å²) in [5.41, 5.74) is 0. The largest absolute Gasteiger partial charge is 0.472 e. The lowest BCUT2D eigenvalue weighted by molar-refractivity contribution is -0.870. The Balaban J connectivity index is 4.95. The smallest absolute Gasteiger partial charge is 0.456 e. The first-order chi connectivity index (χ1) is 39.4. The quantitative estimate of drug-likeness (QED) is 0.0205. The molecule has 0 saturated carbocycles. The van der Waals surface area contributed by atoms with Crippen molar-refractivity contribution in [2.45, 2.75) is 392 Å². The van der Waals surface area contributed by atoms with E-state index in [1.165, 1.54) is 289 Å². The molecule has 81 heavy (non-hydrogen) atoms. The second-order valence-corrected chi connectivity index (χ2v) is 27.6. The van der Waals surface area contributed by atoms with Crippen molar-refractivity contribution in [1.82, 2.24) is 5.32 Å². The number of likely N-dealkylation sites (N-methyl/N-ethyl adjacent to an activating group) is 1. The summed E-state index contributed by atoms with van der Waals surface area (Å²) in [6, 6.07) is -0.840. The van der Waals surface area contributed by atoms with Crippen molar-refractivity contribution in [1.29, 1.82) is 0 Å². The van der Waals surface area contributed by atoms with E-state index in [1.54, 1.807) is 0 Å². The number of phosphoric ester groups is 1. The van der Waals surface area contributed by atoms with Gasteiger partial charge in [0.25, 0.3) is 0 Å². The van der Waals surface area contributed by atoms with Gasteiger partial charge in [-0.15, -0.1) is 0 Å². The van der Waals surface area contributed by atoms with Gasteiger partial charge in [-0.2, -0.15) is 0 Å². The van der Waals surface area contributed by atoms with Crippen LogP contribution >= 0.6 is 7.82 Å². The van der Waals surface area contributed by atoms with Crippen molar-refractivity contribution in [3.8, 4) is 0 Å². The average molecular weight is 1170 g/mol. The van der Waals surface area contributed by atoms with E-state index in [2.05, 4.69) is 26.1 Å². The molecule has 0 aliphatic carbocycles. The topological polar surface area (TPSA) is 111 Å². The lowest BCUT2D eigenvalue weighted by Gasteiger charge is -2.27. The molecule has 0 aliphatic rings. The highest BCUT2D eigenvalue weighted by molar-refractivity contribution is 7.47. The molecule has 2 N–H and O–H groups in total. The van der Waals surface area contributed by atoms with Crippen molar-refractivity contribution >= 4 is 19.7 Å². The number of esters is 1. The number of phosphoric acid groups is 1. The van der Waals surface area contributed by atoms with Gasteiger partial charge in [-0.05, 0) is 31.8 Å². The van der Waals surface area contributed by atoms with Crippen LogP contribution in [0, 0.1) is 0 Å². The zero-order valence-corrected chi connectivity index (χ0v) is 56.2. The van der Waals surface area contributed by atoms with E-state index in [0.29, 0.717) is 23.9 Å². The van der Waals surface area contributed by atoms with Gasteiger partial charge in [-0.3, -0.25) is 18.6 Å². The fourth-order valence-electron chi connectivity index (χ4n) is 11.2. The zero-order valence-electron chi connectivity index (χ0n) is 55.3. The molecule has 0 radical (unpaired) electrons. The fraction of sp³-hybridized carbons (Fsp3) is 0.944. The van der Waals surface area contributed by atoms with Gasteiger partial charge >= 0.3 is 13.8 Å². The molecule has 0 aromatic carbocycles. The fourth-order valence-corrected chi connectivity index (χ4v) is 11.9. The molecule has 1 amide bonds. The van der Waals surface area contributed by atoms with Crippen LogP contribution in [0.4, 0.5) is 0 Å². The number of unbranched alkanes of at least 4 members (excludes halogenated alkanes) is 51. The Morgan fingerprint density at radius 2 is 0.704 bits per heavy atom. The Hall–Kier alpha value is -1.25. The molecule has 3 unspecified atom stereocenters. The van der Waals surface area contributed by atoms with Crippen LogP contribution in [0.3, 0.4) is 0 Å². The van der Waals surface area contributed by atoms with Crippen LogP contribution in [0.15, 0.2) is 12.2 Å². The van der Waals surface area contributed by atoms with Crippen LogP contribution in [0.2, 0.25) is 0 Å². The summed E-state index contributed by atoms with van der Waals surface area (Å²) in [4.78, 5) is 37.9. The molecule has 0 bridgehead atoms. The summed E-state index contributed by atoms with van der Waals surface area (Å²) in [5.74, 6) is -0.478. The number of nitrogens with one attached hydrogen (secondary N) is 1. The number of hydrogen-bond acceptors (Lipinski definition) is 6. The third kappa shape index (κ3) is 63.1. The van der Waals surface area contributed by atoms with Crippen LogP contribution in [-0.2, 0) is 27.9 Å². The third-order valence-electron chi connectivity index (χ3n) is 16.7. The van der Waals surface area contributed by atoms with Gasteiger partial charge in [0.15, 0.2) is 0 Å². The van der Waals surface area contributed by atoms with Crippen molar-refractivity contribution in [3.05, 3.63) is 12.2 Å². The number of carbonyl (C=O) groups excluding carboxylic acids is 2. The number of hydrogen-bond donors (Lipinski definition) is 2. The molecule has 9 nitrogen and oxygen atoms in total. The highest BCUT2D eigenvalue weighted by Gasteiger charge is 2.30. The number of allylic oxidation sites excluding steroid dienone is 1. The molecule has 0 aliphatic heterocycles. The van der Waals surface area contributed by atoms with Crippen LogP contribution in [0.5, 0.6) is 0 Å². The van der Waals surface area contributed by atoms with E-state index in [0.717, 1.165) is 57.8 Å². The minimum atomic E-state index is -4.44. The molecular weight excluding hydrogens is 1020 g/mol. The molecule has 0 fully saturated rings. The highest BCUT2D eigenvalue weighted by atomic mass is 31.2. The zero-order chi connectivity index (χ0) is 59.3. The van der Waals surface area contributed by atoms with Crippen molar-refractivity contribution < 1.29 is 37.3 Å². The monoisotopic (exact) mass is 1170 g/mol. The first-order valence-electron chi connectivity index (χ1n) is 36.0. The maximum absolute atomic E-state index is 13.6. The van der Waals surface area contributed by atoms with Crippen molar-refractivity contribution in [2.75, 3.05) is 40.9 Å². The van der Waals surface area contributed by atoms with Gasteiger partial charge in [-0.1, -0.05) is 348 Å². The van der Waals surface area contributed by atoms with E-state index in [9.17, 15) is 19.0 Å². The highest BCUT2D eigenvalue weighted by Crippen LogP contribution is 2.43. The Kier molecular flexibility index (Phi) is 60.9. The Labute approximate surface area is 505 Å². The number of nitrogens with zero attached hydrogens (tertiary/aromatic N) is 1. The molecule has 0 saturated heterocycles. The molecule has 0 heterocycles. The van der Waals surface area contributed by atoms with E-state index in [-0.39, 0.29) is 25.1 Å². The molecule has 10 heteroatoms. The van der Waals surface area contributed by atoms with E-state index < -0.39 is 20.0 Å². The Bertz CT molecular complexity index is 1390. The third-order valence-corrected chi connectivity index (χ3v) is 17.7. The van der Waals surface area contributed by atoms with Crippen LogP contribution in [0.25, 0.3) is 0 Å². The first-order valence-corrected chi connectivity index (χ1v) is 37.5. The maximum atomic E-state index is 13.6. The lowest BCUT2D eigenvalue weighted by Crippen LogP contribution is -2.47. The van der Waals surface area contributed by atoms with E-state index in [1.807, 2.05) is 33.3 Å². The SMILES string of the molecule is CCCCCCCCCCC/C=C\C(OC(=O)CCCCCCCCCCCCCCCCCCCCCCCCCCC)C(COP(=O)(O)OCC[N+](C)(C)C)NC(=O)CCCCCCCCCCCCCCCCCCCCC. The van der Waals surface area contributed by atoms with Crippen LogP contribution in [0.1, 0.15) is 380 Å². The van der Waals surface area contributed by atoms with Gasteiger partial charge in [0.05, 0.1) is 33.8 Å². The minimum absolute atomic E-state index is 0.0460. The average Bonchev–Trinajstić information content (AvgIpc) is 3.44.